The van der Waals surface area contributed by atoms with Crippen LogP contribution in [0.25, 0.3) is 0 Å². The topological polar surface area (TPSA) is 26.3 Å². The zero-order chi connectivity index (χ0) is 13.0. The molecule has 1 aliphatic rings. The molecule has 2 unspecified atom stereocenters. The Morgan fingerprint density at radius 2 is 1.95 bits per heavy atom. The third-order valence-electron chi connectivity index (χ3n) is 3.55. The number of carbonyl (C=O) groups excluding carboxylic acids is 1. The van der Waals surface area contributed by atoms with E-state index in [1.54, 1.807) is 24.3 Å². The van der Waals surface area contributed by atoms with Gasteiger partial charge in [0.25, 0.3) is 0 Å². The minimum atomic E-state index is -0.234. The van der Waals surface area contributed by atoms with E-state index in [0.29, 0.717) is 11.5 Å². The first-order valence-electron chi connectivity index (χ1n) is 6.51. The Balaban J connectivity index is 0.00000180. The molecule has 1 saturated carbocycles. The molecule has 0 saturated heterocycles. The van der Waals surface area contributed by atoms with E-state index in [9.17, 15) is 4.79 Å². The molecular weight excluding hydrogens is 483 g/mol. The van der Waals surface area contributed by atoms with Crippen LogP contribution in [0.1, 0.15) is 43.0 Å². The van der Waals surface area contributed by atoms with Crippen LogP contribution in [0.2, 0.25) is 0 Å². The Morgan fingerprint density at radius 1 is 1.32 bits per heavy atom. The largest absolute Gasteiger partial charge is 0.460 e. The number of hydrogen-bond donors (Lipinski definition) is 0. The van der Waals surface area contributed by atoms with E-state index < -0.39 is 0 Å². The van der Waals surface area contributed by atoms with Crippen molar-refractivity contribution in [2.24, 2.45) is 5.92 Å². The summed E-state index contributed by atoms with van der Waals surface area (Å²) in [6, 6.07) is 9.83. The zero-order valence-corrected chi connectivity index (χ0v) is 13.3. The van der Waals surface area contributed by atoms with Crippen molar-refractivity contribution in [3.8, 4) is 0 Å². The third kappa shape index (κ3) is 3.44. The van der Waals surface area contributed by atoms with Gasteiger partial charge in [0.2, 0.25) is 0 Å². The summed E-state index contributed by atoms with van der Waals surface area (Å²) in [5.41, 5.74) is 1.72. The van der Waals surface area contributed by atoms with E-state index in [2.05, 4.69) is 12.6 Å². The predicted octanol–water partition coefficient (Wildman–Crippen LogP) is 3.78. The summed E-state index contributed by atoms with van der Waals surface area (Å²) in [7, 11) is 0. The number of carbonyl (C=O) groups is 1. The minimum Gasteiger partial charge on any atom is -0.460 e. The van der Waals surface area contributed by atoms with Crippen molar-refractivity contribution >= 4 is 5.97 Å². The molecule has 1 fully saturated rings. The summed E-state index contributed by atoms with van der Waals surface area (Å²) in [5, 5.41) is 0. The minimum absolute atomic E-state index is 0. The van der Waals surface area contributed by atoms with E-state index in [1.165, 1.54) is 6.42 Å². The van der Waals surface area contributed by atoms with E-state index in [-0.39, 0.29) is 12.1 Å². The van der Waals surface area contributed by atoms with Crippen LogP contribution in [0.3, 0.4) is 0 Å². The van der Waals surface area contributed by atoms with E-state index in [1.807, 2.05) is 6.92 Å². The van der Waals surface area contributed by atoms with Crippen LogP contribution in [0.15, 0.2) is 36.4 Å². The molecule has 0 aromatic heterocycles. The third-order valence-corrected chi connectivity index (χ3v) is 3.55. The van der Waals surface area contributed by atoms with Gasteiger partial charge in [-0.05, 0) is 31.7 Å². The summed E-state index contributed by atoms with van der Waals surface area (Å²) in [4.78, 5) is 12.0. The van der Waals surface area contributed by atoms with Crippen molar-refractivity contribution in [1.82, 2.24) is 0 Å². The van der Waals surface area contributed by atoms with E-state index in [0.717, 1.165) is 24.8 Å². The van der Waals surface area contributed by atoms with Crippen LogP contribution in [0, 0.1) is 12.0 Å². The molecule has 0 heterocycles. The molecule has 1 aliphatic carbocycles. The Morgan fingerprint density at radius 3 is 2.58 bits per heavy atom. The Bertz CT molecular complexity index is 428. The molecule has 2 atom stereocenters. The van der Waals surface area contributed by atoms with Crippen LogP contribution in [0.5, 0.6) is 0 Å². The van der Waals surface area contributed by atoms with Gasteiger partial charge in [-0.2, -0.15) is 30.3 Å². The van der Waals surface area contributed by atoms with Crippen molar-refractivity contribution in [1.29, 1.82) is 0 Å². The molecule has 0 N–H and O–H groups in total. The molecule has 0 bridgehead atoms. The second kappa shape index (κ2) is 6.39. The quantitative estimate of drug-likeness (QED) is 0.358. The molecule has 2 rings (SSSR count). The van der Waals surface area contributed by atoms with Gasteiger partial charge in [0.1, 0.15) is 6.10 Å². The molecular formula is C16H19NoO2-. The maximum atomic E-state index is 12.0. The molecule has 2 nitrogen and oxygen atoms in total. The fourth-order valence-corrected chi connectivity index (χ4v) is 2.53. The number of benzene rings is 1. The molecule has 1 aromatic rings. The van der Waals surface area contributed by atoms with Crippen molar-refractivity contribution in [3.63, 3.8) is 0 Å². The van der Waals surface area contributed by atoms with Gasteiger partial charge in [0.05, 0.1) is 0 Å². The first-order valence-corrected chi connectivity index (χ1v) is 6.51. The Kier molecular flexibility index (Phi) is 4.87. The maximum Gasteiger partial charge on any atom is 0.313 e. The molecule has 3 heteroatoms. The normalized spacial score (nSPS) is 22.2. The van der Waals surface area contributed by atoms with Crippen LogP contribution in [0.4, 0.5) is 0 Å². The van der Waals surface area contributed by atoms with Crippen LogP contribution >= 0.6 is 0 Å². The van der Waals surface area contributed by atoms with Gasteiger partial charge in [-0.1, -0.05) is 18.6 Å². The van der Waals surface area contributed by atoms with Crippen molar-refractivity contribution in [2.45, 2.75) is 38.7 Å². The summed E-state index contributed by atoms with van der Waals surface area (Å²) >= 11 is 0. The Labute approximate surface area is 109 Å². The standard InChI is InChI=1S/C16H19O2.No/c1-12(2)14-10-6-7-11-15(14)18-16(17)13-8-4-3-5-9-13;/h4-5,8-9,14-15H,1,6-7,10-11H2,2H3;/q-1;. The molecule has 19 heavy (non-hydrogen) atoms. The smallest absolute Gasteiger partial charge is 0.313 e. The summed E-state index contributed by atoms with van der Waals surface area (Å²) < 4.78 is 5.64. The zero-order valence-electron chi connectivity index (χ0n) is 11.1. The van der Waals surface area contributed by atoms with Gasteiger partial charge in [0, 0.05) is 5.92 Å². The van der Waals surface area contributed by atoms with Gasteiger partial charge in [-0.25, -0.2) is 4.79 Å². The van der Waals surface area contributed by atoms with Crippen molar-refractivity contribution in [2.75, 3.05) is 0 Å². The molecule has 0 amide bonds. The Hall–Kier alpha value is -2.57. The number of hydrogen-bond acceptors (Lipinski definition) is 2. The van der Waals surface area contributed by atoms with Gasteiger partial charge in [-0.3, -0.25) is 0 Å². The monoisotopic (exact) mass is 502 g/mol. The molecule has 0 radical (unpaired) electrons. The SMILES string of the molecule is C=C(C)C1CCCCC1OC(=O)c1cc[c-]cc1.[No]. The van der Waals surface area contributed by atoms with E-state index >= 15 is 0 Å². The van der Waals surface area contributed by atoms with Gasteiger partial charge >= 0.3 is 5.97 Å². The average Bonchev–Trinajstić information content (AvgIpc) is 2.40. The van der Waals surface area contributed by atoms with Gasteiger partial charge in [-0.15, -0.1) is 0 Å². The molecule has 0 spiro atoms. The fraction of sp³-hybridized carbons (Fsp3) is 0.438. The summed E-state index contributed by atoms with van der Waals surface area (Å²) in [6.45, 7) is 6.03. The van der Waals surface area contributed by atoms with Crippen molar-refractivity contribution < 1.29 is 9.53 Å². The van der Waals surface area contributed by atoms with Crippen LogP contribution in [-0.2, 0) is 4.74 Å². The molecule has 1 aromatic carbocycles. The second-order valence-corrected chi connectivity index (χ2v) is 4.97. The van der Waals surface area contributed by atoms with Gasteiger partial charge in [0.15, 0.2) is 0 Å². The molecule has 0 aliphatic heterocycles. The average molecular weight is 502 g/mol. The van der Waals surface area contributed by atoms with Crippen molar-refractivity contribution in [3.05, 3.63) is 48.0 Å². The maximum absolute atomic E-state index is 12.0. The van der Waals surface area contributed by atoms with Crippen LogP contribution < -0.4 is 0 Å². The molecule has 110 valence electrons. The summed E-state index contributed by atoms with van der Waals surface area (Å²) in [6.07, 6.45) is 4.35. The number of esters is 1. The van der Waals surface area contributed by atoms with Crippen LogP contribution in [-0.4, -0.2) is 12.1 Å². The van der Waals surface area contributed by atoms with E-state index in [4.69, 9.17) is 4.74 Å². The number of rotatable bonds is 3. The summed E-state index contributed by atoms with van der Waals surface area (Å²) in [5.74, 6) is 0.0834. The second-order valence-electron chi connectivity index (χ2n) is 4.97. The first kappa shape index (κ1) is 14.5. The van der Waals surface area contributed by atoms with Gasteiger partial charge < -0.3 is 4.74 Å². The predicted molar refractivity (Wildman–Crippen MR) is 71.3 cm³/mol. The first-order chi connectivity index (χ1) is 8.68. The number of ether oxygens (including phenoxy) is 1. The fourth-order valence-electron chi connectivity index (χ4n) is 2.53.